The first-order valence-corrected chi connectivity index (χ1v) is 6.63. The SMILES string of the molecule is COCCNC(=O)C(C#N)c1nc2ccccc2nc1Cl. The smallest absolute Gasteiger partial charge is 0.243 e. The van der Waals surface area contributed by atoms with Crippen molar-refractivity contribution in [1.29, 1.82) is 5.26 Å². The van der Waals surface area contributed by atoms with Crippen LogP contribution in [0.4, 0.5) is 0 Å². The number of aromatic nitrogens is 2. The number of hydrogen-bond donors (Lipinski definition) is 1. The van der Waals surface area contributed by atoms with E-state index in [9.17, 15) is 10.1 Å². The van der Waals surface area contributed by atoms with Gasteiger partial charge in [0.1, 0.15) is 5.69 Å². The number of benzene rings is 1. The minimum absolute atomic E-state index is 0.0575. The monoisotopic (exact) mass is 304 g/mol. The average molecular weight is 305 g/mol. The van der Waals surface area contributed by atoms with E-state index >= 15 is 0 Å². The molecule has 1 unspecified atom stereocenters. The molecule has 7 heteroatoms. The van der Waals surface area contributed by atoms with Gasteiger partial charge in [-0.25, -0.2) is 9.97 Å². The molecule has 0 aliphatic rings. The van der Waals surface area contributed by atoms with Gasteiger partial charge in [-0.05, 0) is 12.1 Å². The molecule has 0 saturated heterocycles. The molecular weight excluding hydrogens is 292 g/mol. The minimum Gasteiger partial charge on any atom is -0.383 e. The summed E-state index contributed by atoms with van der Waals surface area (Å²) in [4.78, 5) is 20.5. The predicted molar refractivity (Wildman–Crippen MR) is 77.8 cm³/mol. The van der Waals surface area contributed by atoms with Crippen LogP contribution in [0.3, 0.4) is 0 Å². The molecule has 1 amide bonds. The molecule has 108 valence electrons. The number of para-hydroxylation sites is 2. The number of carbonyl (C=O) groups excluding carboxylic acids is 1. The third-order valence-corrected chi connectivity index (χ3v) is 3.10. The fourth-order valence-electron chi connectivity index (χ4n) is 1.80. The van der Waals surface area contributed by atoms with Gasteiger partial charge in [0.15, 0.2) is 11.1 Å². The highest BCUT2D eigenvalue weighted by molar-refractivity contribution is 6.30. The van der Waals surface area contributed by atoms with Crippen molar-refractivity contribution in [3.05, 3.63) is 35.1 Å². The van der Waals surface area contributed by atoms with Gasteiger partial charge in [-0.2, -0.15) is 5.26 Å². The van der Waals surface area contributed by atoms with Gasteiger partial charge in [-0.1, -0.05) is 23.7 Å². The van der Waals surface area contributed by atoms with E-state index in [1.165, 1.54) is 7.11 Å². The lowest BCUT2D eigenvalue weighted by molar-refractivity contribution is -0.121. The molecule has 0 saturated carbocycles. The van der Waals surface area contributed by atoms with Gasteiger partial charge in [0.2, 0.25) is 5.91 Å². The van der Waals surface area contributed by atoms with Crippen LogP contribution >= 0.6 is 11.6 Å². The molecule has 21 heavy (non-hydrogen) atoms. The summed E-state index contributed by atoms with van der Waals surface area (Å²) < 4.78 is 4.84. The van der Waals surface area contributed by atoms with E-state index in [1.54, 1.807) is 18.2 Å². The predicted octanol–water partition coefficient (Wildman–Crippen LogP) is 1.65. The molecular formula is C14H13ClN4O2. The normalized spacial score (nSPS) is 11.9. The summed E-state index contributed by atoms with van der Waals surface area (Å²) in [6, 6.07) is 9.03. The summed E-state index contributed by atoms with van der Waals surface area (Å²) in [7, 11) is 1.53. The van der Waals surface area contributed by atoms with Crippen LogP contribution in [0, 0.1) is 11.3 Å². The molecule has 1 atom stereocenters. The molecule has 1 aromatic carbocycles. The standard InChI is InChI=1S/C14H13ClN4O2/c1-21-7-6-17-14(20)9(8-16)12-13(15)19-11-5-3-2-4-10(11)18-12/h2-5,9H,6-7H2,1H3,(H,17,20). The van der Waals surface area contributed by atoms with Crippen molar-refractivity contribution in [3.8, 4) is 6.07 Å². The number of nitrogens with one attached hydrogen (secondary N) is 1. The van der Waals surface area contributed by atoms with E-state index in [2.05, 4.69) is 15.3 Å². The van der Waals surface area contributed by atoms with Crippen LogP contribution in [-0.4, -0.2) is 36.1 Å². The van der Waals surface area contributed by atoms with Crippen molar-refractivity contribution in [2.75, 3.05) is 20.3 Å². The summed E-state index contributed by atoms with van der Waals surface area (Å²) >= 11 is 6.05. The number of ether oxygens (including phenoxy) is 1. The van der Waals surface area contributed by atoms with Crippen LogP contribution in [0.1, 0.15) is 11.6 Å². The van der Waals surface area contributed by atoms with Gasteiger partial charge in [0.25, 0.3) is 0 Å². The van der Waals surface area contributed by atoms with Gasteiger partial charge in [0.05, 0.1) is 23.7 Å². The zero-order chi connectivity index (χ0) is 15.2. The summed E-state index contributed by atoms with van der Waals surface area (Å²) in [6.45, 7) is 0.674. The Balaban J connectivity index is 2.31. The van der Waals surface area contributed by atoms with Gasteiger partial charge < -0.3 is 10.1 Å². The summed E-state index contributed by atoms with van der Waals surface area (Å²) in [5.41, 5.74) is 1.36. The summed E-state index contributed by atoms with van der Waals surface area (Å²) in [6.07, 6.45) is 0. The zero-order valence-corrected chi connectivity index (χ0v) is 12.1. The van der Waals surface area contributed by atoms with Gasteiger partial charge in [-0.3, -0.25) is 4.79 Å². The second-order valence-electron chi connectivity index (χ2n) is 4.23. The number of methoxy groups -OCH3 is 1. The van der Waals surface area contributed by atoms with Crippen molar-refractivity contribution >= 4 is 28.5 Å². The average Bonchev–Trinajstić information content (AvgIpc) is 2.49. The minimum atomic E-state index is -1.11. The number of hydrogen-bond acceptors (Lipinski definition) is 5. The second-order valence-corrected chi connectivity index (χ2v) is 4.59. The fraction of sp³-hybridized carbons (Fsp3) is 0.286. The topological polar surface area (TPSA) is 87.9 Å². The van der Waals surface area contributed by atoms with Crippen LogP contribution in [0.25, 0.3) is 11.0 Å². The number of nitriles is 1. The van der Waals surface area contributed by atoms with Crippen LogP contribution in [0.15, 0.2) is 24.3 Å². The van der Waals surface area contributed by atoms with E-state index < -0.39 is 11.8 Å². The lowest BCUT2D eigenvalue weighted by Gasteiger charge is -2.11. The molecule has 2 rings (SSSR count). The second kappa shape index (κ2) is 6.97. The number of halogens is 1. The Hall–Kier alpha value is -2.23. The highest BCUT2D eigenvalue weighted by atomic mass is 35.5. The van der Waals surface area contributed by atoms with E-state index in [-0.39, 0.29) is 10.8 Å². The fourth-order valence-corrected chi connectivity index (χ4v) is 2.04. The van der Waals surface area contributed by atoms with Crippen molar-refractivity contribution in [2.24, 2.45) is 0 Å². The first-order valence-electron chi connectivity index (χ1n) is 6.25. The van der Waals surface area contributed by atoms with Crippen LogP contribution < -0.4 is 5.32 Å². The Morgan fingerprint density at radius 3 is 2.71 bits per heavy atom. The van der Waals surface area contributed by atoms with E-state index in [0.29, 0.717) is 24.2 Å². The molecule has 0 bridgehead atoms. The number of amides is 1. The zero-order valence-electron chi connectivity index (χ0n) is 11.3. The van der Waals surface area contributed by atoms with Crippen molar-refractivity contribution in [1.82, 2.24) is 15.3 Å². The van der Waals surface area contributed by atoms with Crippen LogP contribution in [-0.2, 0) is 9.53 Å². The Bertz CT molecular complexity index is 699. The lowest BCUT2D eigenvalue weighted by Crippen LogP contribution is -2.32. The maximum absolute atomic E-state index is 12.0. The molecule has 1 N–H and O–H groups in total. The lowest BCUT2D eigenvalue weighted by atomic mass is 10.1. The molecule has 0 spiro atoms. The van der Waals surface area contributed by atoms with Crippen molar-refractivity contribution in [2.45, 2.75) is 5.92 Å². The molecule has 6 nitrogen and oxygen atoms in total. The first kappa shape index (κ1) is 15.2. The van der Waals surface area contributed by atoms with E-state index in [4.69, 9.17) is 16.3 Å². The third-order valence-electron chi connectivity index (χ3n) is 2.82. The number of rotatable bonds is 5. The summed E-state index contributed by atoms with van der Waals surface area (Å²) in [5, 5.41) is 11.9. The molecule has 0 radical (unpaired) electrons. The van der Waals surface area contributed by atoms with E-state index in [1.807, 2.05) is 12.1 Å². The van der Waals surface area contributed by atoms with E-state index in [0.717, 1.165) is 0 Å². The molecule has 1 heterocycles. The Kier molecular flexibility index (Phi) is 5.04. The van der Waals surface area contributed by atoms with Gasteiger partial charge >= 0.3 is 0 Å². The number of fused-ring (bicyclic) bond motifs is 1. The highest BCUT2D eigenvalue weighted by Gasteiger charge is 2.25. The highest BCUT2D eigenvalue weighted by Crippen LogP contribution is 2.23. The Labute approximate surface area is 126 Å². The maximum Gasteiger partial charge on any atom is 0.243 e. The largest absolute Gasteiger partial charge is 0.383 e. The molecule has 1 aromatic heterocycles. The van der Waals surface area contributed by atoms with Gasteiger partial charge in [0, 0.05) is 13.7 Å². The van der Waals surface area contributed by atoms with Crippen molar-refractivity contribution in [3.63, 3.8) is 0 Å². The first-order chi connectivity index (χ1) is 10.2. The Morgan fingerprint density at radius 1 is 1.43 bits per heavy atom. The third kappa shape index (κ3) is 3.45. The number of carbonyl (C=O) groups is 1. The molecule has 0 fully saturated rings. The number of nitrogens with zero attached hydrogens (tertiary/aromatic N) is 3. The van der Waals surface area contributed by atoms with Crippen molar-refractivity contribution < 1.29 is 9.53 Å². The van der Waals surface area contributed by atoms with Crippen LogP contribution in [0.5, 0.6) is 0 Å². The maximum atomic E-state index is 12.0. The molecule has 2 aromatic rings. The Morgan fingerprint density at radius 2 is 2.10 bits per heavy atom. The van der Waals surface area contributed by atoms with Crippen LogP contribution in [0.2, 0.25) is 5.15 Å². The summed E-state index contributed by atoms with van der Waals surface area (Å²) in [5.74, 6) is -1.58. The molecule has 0 aliphatic heterocycles. The quantitative estimate of drug-likeness (QED) is 0.849. The van der Waals surface area contributed by atoms with Gasteiger partial charge in [-0.15, -0.1) is 0 Å². The molecule has 0 aliphatic carbocycles.